The molecule has 1 aromatic carbocycles. The Morgan fingerprint density at radius 1 is 1.50 bits per heavy atom. The van der Waals surface area contributed by atoms with Gasteiger partial charge in [0.05, 0.1) is 6.61 Å². The summed E-state index contributed by atoms with van der Waals surface area (Å²) in [6.07, 6.45) is 3.12. The van der Waals surface area contributed by atoms with Gasteiger partial charge in [-0.1, -0.05) is 22.9 Å². The summed E-state index contributed by atoms with van der Waals surface area (Å²) in [6, 6.07) is 4.78. The molecular formula is C14H19BrClNO. The Bertz CT molecular complexity index is 411. The van der Waals surface area contributed by atoms with Crippen LogP contribution in [-0.4, -0.2) is 18.5 Å². The van der Waals surface area contributed by atoms with Gasteiger partial charge in [-0.3, -0.25) is 0 Å². The molecule has 1 heterocycles. The van der Waals surface area contributed by atoms with Crippen LogP contribution in [-0.2, 0) is 13.0 Å². The second-order valence-electron chi connectivity index (χ2n) is 4.62. The number of ether oxygens (including phenoxy) is 1. The highest BCUT2D eigenvalue weighted by Gasteiger charge is 2.17. The SMILES string of the molecule is CCC(CCCl)NCc1cc(Br)cc2c1OCC2. The fourth-order valence-corrected chi connectivity index (χ4v) is 3.13. The van der Waals surface area contributed by atoms with Crippen molar-refractivity contribution in [1.82, 2.24) is 5.32 Å². The van der Waals surface area contributed by atoms with E-state index in [2.05, 4.69) is 40.3 Å². The lowest BCUT2D eigenvalue weighted by molar-refractivity contribution is 0.351. The summed E-state index contributed by atoms with van der Waals surface area (Å²) in [7, 11) is 0. The zero-order valence-electron chi connectivity index (χ0n) is 10.6. The zero-order valence-corrected chi connectivity index (χ0v) is 13.0. The van der Waals surface area contributed by atoms with Crippen LogP contribution in [0.3, 0.4) is 0 Å². The van der Waals surface area contributed by atoms with Crippen molar-refractivity contribution in [2.45, 2.75) is 38.8 Å². The molecule has 2 nitrogen and oxygen atoms in total. The molecule has 0 aromatic heterocycles. The standard InChI is InChI=1S/C14H19BrClNO/c1-2-13(3-5-16)17-9-11-8-12(15)7-10-4-6-18-14(10)11/h7-8,13,17H,2-6,9H2,1H3. The van der Waals surface area contributed by atoms with E-state index in [9.17, 15) is 0 Å². The monoisotopic (exact) mass is 331 g/mol. The topological polar surface area (TPSA) is 21.3 Å². The Kier molecular flexibility index (Phi) is 5.34. The van der Waals surface area contributed by atoms with Gasteiger partial charge >= 0.3 is 0 Å². The first kappa shape index (κ1) is 14.2. The van der Waals surface area contributed by atoms with Crippen LogP contribution in [0.2, 0.25) is 0 Å². The molecular weight excluding hydrogens is 314 g/mol. The molecule has 0 aliphatic carbocycles. The number of halogens is 2. The average molecular weight is 333 g/mol. The normalized spacial score (nSPS) is 15.3. The number of nitrogens with one attached hydrogen (secondary N) is 1. The molecule has 1 N–H and O–H groups in total. The molecule has 0 fully saturated rings. The Morgan fingerprint density at radius 3 is 3.06 bits per heavy atom. The van der Waals surface area contributed by atoms with Crippen LogP contribution in [0.15, 0.2) is 16.6 Å². The van der Waals surface area contributed by atoms with Gasteiger partial charge in [-0.15, -0.1) is 11.6 Å². The van der Waals surface area contributed by atoms with E-state index in [0.29, 0.717) is 11.9 Å². The van der Waals surface area contributed by atoms with Crippen LogP contribution in [0.1, 0.15) is 30.9 Å². The maximum atomic E-state index is 5.80. The second kappa shape index (κ2) is 6.78. The van der Waals surface area contributed by atoms with Crippen molar-refractivity contribution in [2.24, 2.45) is 0 Å². The molecule has 0 radical (unpaired) electrons. The van der Waals surface area contributed by atoms with Gasteiger partial charge in [-0.25, -0.2) is 0 Å². The molecule has 2 rings (SSSR count). The van der Waals surface area contributed by atoms with Gasteiger partial charge in [0.15, 0.2) is 0 Å². The average Bonchev–Trinajstić information content (AvgIpc) is 2.82. The van der Waals surface area contributed by atoms with Gasteiger partial charge < -0.3 is 10.1 Å². The lowest BCUT2D eigenvalue weighted by Gasteiger charge is -2.17. The van der Waals surface area contributed by atoms with Crippen molar-refractivity contribution < 1.29 is 4.74 Å². The minimum absolute atomic E-state index is 0.485. The summed E-state index contributed by atoms with van der Waals surface area (Å²) >= 11 is 9.37. The number of alkyl halides is 1. The Hall–Kier alpha value is -0.250. The van der Waals surface area contributed by atoms with Crippen molar-refractivity contribution in [3.63, 3.8) is 0 Å². The first-order chi connectivity index (χ1) is 8.74. The summed E-state index contributed by atoms with van der Waals surface area (Å²) < 4.78 is 6.86. The van der Waals surface area contributed by atoms with E-state index in [-0.39, 0.29) is 0 Å². The van der Waals surface area contributed by atoms with Crippen molar-refractivity contribution in [3.8, 4) is 5.75 Å². The summed E-state index contributed by atoms with van der Waals surface area (Å²) in [5.41, 5.74) is 2.55. The fraction of sp³-hybridized carbons (Fsp3) is 0.571. The molecule has 0 saturated carbocycles. The van der Waals surface area contributed by atoms with Gasteiger partial charge in [0.1, 0.15) is 5.75 Å². The van der Waals surface area contributed by atoms with Crippen LogP contribution in [0.5, 0.6) is 5.75 Å². The van der Waals surface area contributed by atoms with E-state index < -0.39 is 0 Å². The minimum atomic E-state index is 0.485. The maximum Gasteiger partial charge on any atom is 0.127 e. The van der Waals surface area contributed by atoms with Gasteiger partial charge in [-0.2, -0.15) is 0 Å². The molecule has 0 bridgehead atoms. The van der Waals surface area contributed by atoms with Gasteiger partial charge in [-0.05, 0) is 30.5 Å². The van der Waals surface area contributed by atoms with Crippen molar-refractivity contribution in [2.75, 3.05) is 12.5 Å². The summed E-state index contributed by atoms with van der Waals surface area (Å²) in [4.78, 5) is 0. The highest BCUT2D eigenvalue weighted by atomic mass is 79.9. The third-order valence-corrected chi connectivity index (χ3v) is 4.03. The maximum absolute atomic E-state index is 5.80. The molecule has 1 aliphatic heterocycles. The van der Waals surface area contributed by atoms with Crippen LogP contribution < -0.4 is 10.1 Å². The summed E-state index contributed by atoms with van der Waals surface area (Å²) in [5, 5.41) is 3.56. The summed E-state index contributed by atoms with van der Waals surface area (Å²) in [5.74, 6) is 1.78. The Morgan fingerprint density at radius 2 is 2.33 bits per heavy atom. The van der Waals surface area contributed by atoms with Crippen molar-refractivity contribution in [3.05, 3.63) is 27.7 Å². The van der Waals surface area contributed by atoms with E-state index in [1.807, 2.05) is 0 Å². The highest BCUT2D eigenvalue weighted by Crippen LogP contribution is 2.32. The van der Waals surface area contributed by atoms with E-state index in [4.69, 9.17) is 16.3 Å². The molecule has 0 saturated heterocycles. The van der Waals surface area contributed by atoms with Crippen molar-refractivity contribution in [1.29, 1.82) is 0 Å². The summed E-state index contributed by atoms with van der Waals surface area (Å²) in [6.45, 7) is 3.83. The smallest absolute Gasteiger partial charge is 0.127 e. The van der Waals surface area contributed by atoms with Crippen LogP contribution >= 0.6 is 27.5 Å². The van der Waals surface area contributed by atoms with Gasteiger partial charge in [0.25, 0.3) is 0 Å². The van der Waals surface area contributed by atoms with Crippen LogP contribution in [0.25, 0.3) is 0 Å². The van der Waals surface area contributed by atoms with Crippen LogP contribution in [0.4, 0.5) is 0 Å². The largest absolute Gasteiger partial charge is 0.493 e. The minimum Gasteiger partial charge on any atom is -0.493 e. The van der Waals surface area contributed by atoms with Crippen molar-refractivity contribution >= 4 is 27.5 Å². The number of benzene rings is 1. The molecule has 1 aliphatic rings. The molecule has 1 unspecified atom stereocenters. The quantitative estimate of drug-likeness (QED) is 0.798. The van der Waals surface area contributed by atoms with E-state index in [0.717, 1.165) is 42.6 Å². The molecule has 1 aromatic rings. The molecule has 100 valence electrons. The first-order valence-corrected chi connectivity index (χ1v) is 7.80. The molecule has 4 heteroatoms. The van der Waals surface area contributed by atoms with E-state index in [1.165, 1.54) is 11.1 Å². The second-order valence-corrected chi connectivity index (χ2v) is 5.91. The lowest BCUT2D eigenvalue weighted by atomic mass is 10.1. The molecule has 1 atom stereocenters. The molecule has 0 spiro atoms. The first-order valence-electron chi connectivity index (χ1n) is 6.48. The van der Waals surface area contributed by atoms with Gasteiger partial charge in [0, 0.05) is 34.9 Å². The molecule has 18 heavy (non-hydrogen) atoms. The van der Waals surface area contributed by atoms with E-state index in [1.54, 1.807) is 0 Å². The van der Waals surface area contributed by atoms with Crippen LogP contribution in [0, 0.1) is 0 Å². The fourth-order valence-electron chi connectivity index (χ4n) is 2.31. The van der Waals surface area contributed by atoms with Gasteiger partial charge in [0.2, 0.25) is 0 Å². The predicted molar refractivity (Wildman–Crippen MR) is 79.6 cm³/mol. The number of rotatable bonds is 6. The number of hydrogen-bond donors (Lipinski definition) is 1. The third-order valence-electron chi connectivity index (χ3n) is 3.36. The highest BCUT2D eigenvalue weighted by molar-refractivity contribution is 9.10. The number of hydrogen-bond acceptors (Lipinski definition) is 2. The molecule has 0 amide bonds. The number of fused-ring (bicyclic) bond motifs is 1. The Balaban J connectivity index is 2.05. The van der Waals surface area contributed by atoms with E-state index >= 15 is 0 Å². The third kappa shape index (κ3) is 3.40. The lowest BCUT2D eigenvalue weighted by Crippen LogP contribution is -2.28. The Labute approximate surface area is 122 Å². The predicted octanol–water partition coefficient (Wildman–Crippen LogP) is 3.88. The zero-order chi connectivity index (χ0) is 13.0.